The van der Waals surface area contributed by atoms with Crippen molar-refractivity contribution in [3.63, 3.8) is 0 Å². The Bertz CT molecular complexity index is 845. The van der Waals surface area contributed by atoms with Crippen LogP contribution in [-0.2, 0) is 11.8 Å². The quantitative estimate of drug-likeness (QED) is 0.824. The zero-order valence-electron chi connectivity index (χ0n) is 17.7. The molecule has 2 unspecified atom stereocenters. The molecule has 0 aliphatic carbocycles. The van der Waals surface area contributed by atoms with Gasteiger partial charge in [0.1, 0.15) is 6.61 Å². The van der Waals surface area contributed by atoms with Crippen LogP contribution < -0.4 is 10.1 Å². The van der Waals surface area contributed by atoms with E-state index in [0.717, 1.165) is 24.3 Å². The topological polar surface area (TPSA) is 72.3 Å². The zero-order chi connectivity index (χ0) is 20.5. The van der Waals surface area contributed by atoms with Crippen molar-refractivity contribution >= 4 is 5.91 Å². The minimum absolute atomic E-state index is 0.00655. The van der Waals surface area contributed by atoms with E-state index in [1.54, 1.807) is 6.20 Å². The number of aromatic nitrogens is 3. The van der Waals surface area contributed by atoms with E-state index in [-0.39, 0.29) is 24.5 Å². The van der Waals surface area contributed by atoms with Gasteiger partial charge in [-0.3, -0.25) is 9.48 Å². The molecule has 1 N–H and O–H groups in total. The van der Waals surface area contributed by atoms with Crippen molar-refractivity contribution in [2.75, 3.05) is 26.7 Å². The first kappa shape index (κ1) is 20.3. The van der Waals surface area contributed by atoms with Crippen LogP contribution >= 0.6 is 0 Å². The third-order valence-electron chi connectivity index (χ3n) is 5.64. The average molecular weight is 386 g/mol. The molecule has 0 bridgehead atoms. The van der Waals surface area contributed by atoms with Crippen molar-refractivity contribution in [3.05, 3.63) is 41.3 Å². The highest BCUT2D eigenvalue weighted by molar-refractivity contribution is 5.82. The van der Waals surface area contributed by atoms with Crippen LogP contribution in [0.2, 0.25) is 0 Å². The monoisotopic (exact) mass is 385 g/mol. The van der Waals surface area contributed by atoms with Gasteiger partial charge in [0.2, 0.25) is 11.8 Å². The Balaban J connectivity index is 1.67. The highest BCUT2D eigenvalue weighted by atomic mass is 16.5. The highest BCUT2D eigenvalue weighted by Gasteiger charge is 2.38. The predicted octanol–water partition coefficient (Wildman–Crippen LogP) is 2.05. The molecule has 7 heteroatoms. The Hall–Kier alpha value is -2.41. The van der Waals surface area contributed by atoms with Gasteiger partial charge in [0.05, 0.1) is 11.6 Å². The Morgan fingerprint density at radius 3 is 2.71 bits per heavy atom. The van der Waals surface area contributed by atoms with Crippen LogP contribution in [0.3, 0.4) is 0 Å². The number of aryl methyl sites for hydroxylation is 2. The van der Waals surface area contributed by atoms with Gasteiger partial charge >= 0.3 is 0 Å². The number of pyridine rings is 1. The molecule has 0 radical (unpaired) electrons. The van der Waals surface area contributed by atoms with E-state index < -0.39 is 5.41 Å². The number of rotatable bonds is 6. The molecule has 2 aromatic rings. The smallest absolute Gasteiger partial charge is 0.229 e. The molecule has 0 saturated carbocycles. The average Bonchev–Trinajstić information content (AvgIpc) is 3.16. The molecule has 3 rings (SSSR count). The number of likely N-dealkylation sites (N-methyl/N-ethyl adjacent to an activating group) is 1. The second-order valence-electron chi connectivity index (χ2n) is 8.51. The van der Waals surface area contributed by atoms with Crippen LogP contribution in [-0.4, -0.2) is 58.4 Å². The standard InChI is InChI=1S/C21H31N5O2/c1-14-8-7-9-22-19(14)28-13-21(3,4)20(27)24-18-12-25(5)11-17(18)16-10-23-26(6)15(16)2/h7-10,17-18H,11-13H2,1-6H3,(H,24,27). The molecule has 1 aliphatic rings. The van der Waals surface area contributed by atoms with E-state index in [1.165, 1.54) is 5.56 Å². The second-order valence-corrected chi connectivity index (χ2v) is 8.51. The highest BCUT2D eigenvalue weighted by Crippen LogP contribution is 2.30. The van der Waals surface area contributed by atoms with Crippen LogP contribution in [0.4, 0.5) is 0 Å². The van der Waals surface area contributed by atoms with Gasteiger partial charge in [0, 0.05) is 49.6 Å². The number of hydrogen-bond acceptors (Lipinski definition) is 5. The molecule has 0 aromatic carbocycles. The number of hydrogen-bond donors (Lipinski definition) is 1. The van der Waals surface area contributed by atoms with Gasteiger partial charge in [-0.15, -0.1) is 0 Å². The van der Waals surface area contributed by atoms with E-state index in [2.05, 4.69) is 34.3 Å². The fourth-order valence-corrected chi connectivity index (χ4v) is 3.64. The minimum atomic E-state index is -0.667. The molecule has 1 fully saturated rings. The van der Waals surface area contributed by atoms with Crippen molar-refractivity contribution in [2.45, 2.75) is 39.7 Å². The Morgan fingerprint density at radius 1 is 1.32 bits per heavy atom. The van der Waals surface area contributed by atoms with Crippen LogP contribution in [0, 0.1) is 19.3 Å². The van der Waals surface area contributed by atoms with Crippen molar-refractivity contribution in [2.24, 2.45) is 12.5 Å². The zero-order valence-corrected chi connectivity index (χ0v) is 17.7. The summed E-state index contributed by atoms with van der Waals surface area (Å²) in [4.78, 5) is 19.6. The SMILES string of the molecule is Cc1cccnc1OCC(C)(C)C(=O)NC1CN(C)CC1c1cnn(C)c1C. The van der Waals surface area contributed by atoms with Crippen LogP contribution in [0.15, 0.2) is 24.5 Å². The number of nitrogens with zero attached hydrogens (tertiary/aromatic N) is 4. The lowest BCUT2D eigenvalue weighted by Gasteiger charge is -2.28. The molecule has 2 atom stereocenters. The maximum Gasteiger partial charge on any atom is 0.229 e. The molecule has 1 aliphatic heterocycles. The van der Waals surface area contributed by atoms with Crippen LogP contribution in [0.1, 0.15) is 36.6 Å². The summed E-state index contributed by atoms with van der Waals surface area (Å²) >= 11 is 0. The summed E-state index contributed by atoms with van der Waals surface area (Å²) < 4.78 is 7.73. The molecular weight excluding hydrogens is 354 g/mol. The Labute approximate surface area is 167 Å². The maximum atomic E-state index is 13.0. The summed E-state index contributed by atoms with van der Waals surface area (Å²) in [7, 11) is 4.04. The molecule has 7 nitrogen and oxygen atoms in total. The van der Waals surface area contributed by atoms with E-state index in [0.29, 0.717) is 5.88 Å². The minimum Gasteiger partial charge on any atom is -0.476 e. The lowest BCUT2D eigenvalue weighted by Crippen LogP contribution is -2.48. The van der Waals surface area contributed by atoms with E-state index in [1.807, 2.05) is 50.8 Å². The largest absolute Gasteiger partial charge is 0.476 e. The van der Waals surface area contributed by atoms with Gasteiger partial charge < -0.3 is 15.0 Å². The van der Waals surface area contributed by atoms with Crippen molar-refractivity contribution in [3.8, 4) is 5.88 Å². The van der Waals surface area contributed by atoms with Gasteiger partial charge in [-0.1, -0.05) is 6.07 Å². The summed E-state index contributed by atoms with van der Waals surface area (Å²) in [6.45, 7) is 9.84. The van der Waals surface area contributed by atoms with Gasteiger partial charge in [-0.05, 0) is 46.4 Å². The first-order valence-electron chi connectivity index (χ1n) is 9.71. The predicted molar refractivity (Wildman–Crippen MR) is 108 cm³/mol. The normalized spacial score (nSPS) is 20.4. The van der Waals surface area contributed by atoms with E-state index in [4.69, 9.17) is 4.74 Å². The summed E-state index contributed by atoms with van der Waals surface area (Å²) in [6.07, 6.45) is 3.63. The van der Waals surface area contributed by atoms with Gasteiger partial charge in [-0.2, -0.15) is 5.10 Å². The molecule has 0 spiro atoms. The molecule has 1 amide bonds. The Morgan fingerprint density at radius 2 is 2.07 bits per heavy atom. The number of nitrogens with one attached hydrogen (secondary N) is 1. The van der Waals surface area contributed by atoms with Crippen molar-refractivity contribution in [1.29, 1.82) is 0 Å². The molecule has 3 heterocycles. The van der Waals surface area contributed by atoms with Gasteiger partial charge in [0.25, 0.3) is 0 Å². The summed E-state index contributed by atoms with van der Waals surface area (Å²) in [5.41, 5.74) is 2.64. The van der Waals surface area contributed by atoms with Crippen molar-refractivity contribution < 1.29 is 9.53 Å². The lowest BCUT2D eigenvalue weighted by molar-refractivity contribution is -0.131. The summed E-state index contributed by atoms with van der Waals surface area (Å²) in [5.74, 6) is 0.804. The molecule has 28 heavy (non-hydrogen) atoms. The van der Waals surface area contributed by atoms with Gasteiger partial charge in [0.15, 0.2) is 0 Å². The number of amides is 1. The molecule has 1 saturated heterocycles. The third kappa shape index (κ3) is 4.19. The van der Waals surface area contributed by atoms with E-state index in [9.17, 15) is 4.79 Å². The summed E-state index contributed by atoms with van der Waals surface area (Å²) in [5, 5.41) is 7.65. The van der Waals surface area contributed by atoms with Crippen LogP contribution in [0.25, 0.3) is 0 Å². The number of ether oxygens (including phenoxy) is 1. The second kappa shape index (κ2) is 7.91. The number of carbonyl (C=O) groups excluding carboxylic acids is 1. The number of likely N-dealkylation sites (tertiary alicyclic amines) is 1. The molecule has 152 valence electrons. The first-order chi connectivity index (χ1) is 13.2. The van der Waals surface area contributed by atoms with Crippen LogP contribution in [0.5, 0.6) is 5.88 Å². The molecule has 2 aromatic heterocycles. The third-order valence-corrected chi connectivity index (χ3v) is 5.64. The first-order valence-corrected chi connectivity index (χ1v) is 9.71. The van der Waals surface area contributed by atoms with Gasteiger partial charge in [-0.25, -0.2) is 4.98 Å². The number of carbonyl (C=O) groups is 1. The Kier molecular flexibility index (Phi) is 5.74. The fraction of sp³-hybridized carbons (Fsp3) is 0.571. The fourth-order valence-electron chi connectivity index (χ4n) is 3.64. The van der Waals surface area contributed by atoms with E-state index >= 15 is 0 Å². The summed E-state index contributed by atoms with van der Waals surface area (Å²) in [6, 6.07) is 3.87. The lowest BCUT2D eigenvalue weighted by atomic mass is 9.90. The molecular formula is C21H31N5O2. The van der Waals surface area contributed by atoms with Crippen molar-refractivity contribution in [1.82, 2.24) is 25.0 Å². The maximum absolute atomic E-state index is 13.0.